The number of Topliss-reactive ketones (excluding diaryl/α,β-unsaturated/α-hetero) is 1. The molecule has 1 aromatic rings. The van der Waals surface area contributed by atoms with Crippen LogP contribution in [0.4, 0.5) is 8.78 Å². The van der Waals surface area contributed by atoms with Crippen LogP contribution in [-0.2, 0) is 0 Å². The monoisotopic (exact) mass is 438 g/mol. The van der Waals surface area contributed by atoms with Crippen molar-refractivity contribution in [2.24, 2.45) is 0 Å². The summed E-state index contributed by atoms with van der Waals surface area (Å²) in [5.74, 6) is -4.38. The third-order valence-electron chi connectivity index (χ3n) is 3.77. The van der Waals surface area contributed by atoms with Gasteiger partial charge in [0.05, 0.1) is 0 Å². The fourth-order valence-electron chi connectivity index (χ4n) is 2.46. The summed E-state index contributed by atoms with van der Waals surface area (Å²) in [5.41, 5.74) is 0.0741. The van der Waals surface area contributed by atoms with Crippen LogP contribution in [0.5, 0.6) is 0 Å². The number of aliphatic hydroxyl groups is 1. The molecule has 23 heavy (non-hydrogen) atoms. The van der Waals surface area contributed by atoms with E-state index < -0.39 is 18.1 Å². The van der Waals surface area contributed by atoms with E-state index in [9.17, 15) is 13.6 Å². The summed E-state index contributed by atoms with van der Waals surface area (Å²) in [6.07, 6.45) is 6.24. The zero-order valence-electron chi connectivity index (χ0n) is 13.3. The van der Waals surface area contributed by atoms with Gasteiger partial charge in [0.15, 0.2) is 0 Å². The minimum Gasteiger partial charge on any atom is -0.396 e. The van der Waals surface area contributed by atoms with E-state index in [1.807, 2.05) is 22.6 Å². The molecule has 0 aliphatic heterocycles. The average Bonchev–Trinajstić information content (AvgIpc) is 2.53. The van der Waals surface area contributed by atoms with E-state index in [1.165, 1.54) is 12.1 Å². The van der Waals surface area contributed by atoms with Crippen LogP contribution in [0.3, 0.4) is 0 Å². The fourth-order valence-corrected chi connectivity index (χ4v) is 3.45. The van der Waals surface area contributed by atoms with Gasteiger partial charge in [-0.2, -0.15) is 8.78 Å². The maximum absolute atomic E-state index is 14.1. The topological polar surface area (TPSA) is 37.3 Å². The van der Waals surface area contributed by atoms with Gasteiger partial charge in [-0.3, -0.25) is 4.79 Å². The number of hydrogen-bond donors (Lipinski definition) is 1. The Morgan fingerprint density at radius 1 is 1.04 bits per heavy atom. The van der Waals surface area contributed by atoms with Gasteiger partial charge in [-0.15, -0.1) is 0 Å². The molecule has 1 aromatic carbocycles. The third-order valence-corrected chi connectivity index (χ3v) is 4.83. The highest BCUT2D eigenvalue weighted by atomic mass is 127. The Kier molecular flexibility index (Phi) is 9.86. The number of unbranched alkanes of at least 4 members (excludes halogenated alkanes) is 5. The molecule has 0 heterocycles. The zero-order chi connectivity index (χ0) is 17.1. The van der Waals surface area contributed by atoms with Crippen molar-refractivity contribution in [2.45, 2.75) is 61.2 Å². The van der Waals surface area contributed by atoms with Crippen molar-refractivity contribution in [3.05, 3.63) is 35.9 Å². The van der Waals surface area contributed by atoms with Crippen LogP contribution in [0.15, 0.2) is 30.3 Å². The molecule has 5 heteroatoms. The lowest BCUT2D eigenvalue weighted by atomic mass is 9.99. The molecule has 0 aliphatic rings. The molecule has 1 N–H and O–H groups in total. The summed E-state index contributed by atoms with van der Waals surface area (Å²) < 4.78 is 28.0. The summed E-state index contributed by atoms with van der Waals surface area (Å²) >= 11 is 2.03. The Labute approximate surface area is 150 Å². The van der Waals surface area contributed by atoms with Gasteiger partial charge in [0, 0.05) is 22.5 Å². The normalized spacial score (nSPS) is 13.0. The highest BCUT2D eigenvalue weighted by Gasteiger charge is 2.40. The van der Waals surface area contributed by atoms with Crippen molar-refractivity contribution >= 4 is 28.4 Å². The minimum atomic E-state index is -3.30. The average molecular weight is 438 g/mol. The molecule has 0 amide bonds. The van der Waals surface area contributed by atoms with Crippen LogP contribution < -0.4 is 0 Å². The van der Waals surface area contributed by atoms with Crippen LogP contribution in [-0.4, -0.2) is 27.3 Å². The van der Waals surface area contributed by atoms with Crippen molar-refractivity contribution in [1.82, 2.24) is 0 Å². The summed E-state index contributed by atoms with van der Waals surface area (Å²) in [6, 6.07) is 7.77. The van der Waals surface area contributed by atoms with Crippen LogP contribution in [0.2, 0.25) is 0 Å². The number of aliphatic hydroxyl groups excluding tert-OH is 1. The smallest absolute Gasteiger partial charge is 0.310 e. The third kappa shape index (κ3) is 8.20. The molecule has 1 atom stereocenters. The summed E-state index contributed by atoms with van der Waals surface area (Å²) in [5, 5.41) is 8.68. The summed E-state index contributed by atoms with van der Waals surface area (Å²) in [4.78, 5) is 11.9. The van der Waals surface area contributed by atoms with Gasteiger partial charge < -0.3 is 5.11 Å². The Hall–Kier alpha value is -0.560. The van der Waals surface area contributed by atoms with E-state index in [1.54, 1.807) is 18.2 Å². The van der Waals surface area contributed by atoms with E-state index in [-0.39, 0.29) is 16.1 Å². The Morgan fingerprint density at radius 2 is 1.61 bits per heavy atom. The van der Waals surface area contributed by atoms with Gasteiger partial charge in [0.25, 0.3) is 0 Å². The number of rotatable bonds is 12. The first-order chi connectivity index (χ1) is 11.0. The fraction of sp³-hybridized carbons (Fsp3) is 0.611. The maximum atomic E-state index is 14.1. The van der Waals surface area contributed by atoms with E-state index in [2.05, 4.69) is 0 Å². The predicted molar refractivity (Wildman–Crippen MR) is 97.5 cm³/mol. The highest BCUT2D eigenvalue weighted by molar-refractivity contribution is 14.1. The molecular formula is C18H25F2IO2. The first kappa shape index (κ1) is 20.5. The number of ketones is 1. The first-order valence-electron chi connectivity index (χ1n) is 8.20. The van der Waals surface area contributed by atoms with Crippen LogP contribution in [0.25, 0.3) is 0 Å². The number of hydrogen-bond acceptors (Lipinski definition) is 2. The van der Waals surface area contributed by atoms with Crippen molar-refractivity contribution < 1.29 is 18.7 Å². The highest BCUT2D eigenvalue weighted by Crippen LogP contribution is 2.30. The Bertz CT molecular complexity index is 452. The van der Waals surface area contributed by atoms with E-state index in [4.69, 9.17) is 5.11 Å². The van der Waals surface area contributed by atoms with Crippen molar-refractivity contribution in [3.8, 4) is 0 Å². The standard InChI is InChI=1S/C18H25F2IO2/c19-18(20,17(23)15-10-6-5-7-11-15)14-16(21)12-8-3-1-2-4-9-13-22/h5-7,10-11,16,22H,1-4,8-9,12-14H2. The van der Waals surface area contributed by atoms with E-state index in [0.29, 0.717) is 6.42 Å². The van der Waals surface area contributed by atoms with Crippen LogP contribution >= 0.6 is 22.6 Å². The molecule has 2 nitrogen and oxygen atoms in total. The lowest BCUT2D eigenvalue weighted by Crippen LogP contribution is -2.31. The largest absolute Gasteiger partial charge is 0.396 e. The molecule has 0 bridgehead atoms. The second-order valence-corrected chi connectivity index (χ2v) is 7.60. The number of benzene rings is 1. The molecule has 1 unspecified atom stereocenters. The molecule has 130 valence electrons. The maximum Gasteiger partial charge on any atom is 0.310 e. The van der Waals surface area contributed by atoms with Crippen molar-refractivity contribution in [1.29, 1.82) is 0 Å². The van der Waals surface area contributed by atoms with Crippen LogP contribution in [0.1, 0.15) is 61.7 Å². The van der Waals surface area contributed by atoms with Gasteiger partial charge in [-0.25, -0.2) is 0 Å². The Balaban J connectivity index is 2.29. The van der Waals surface area contributed by atoms with Crippen molar-refractivity contribution in [2.75, 3.05) is 6.61 Å². The second-order valence-electron chi connectivity index (χ2n) is 5.83. The first-order valence-corrected chi connectivity index (χ1v) is 9.44. The van der Waals surface area contributed by atoms with Crippen molar-refractivity contribution in [3.63, 3.8) is 0 Å². The number of carbonyl (C=O) groups excluding carboxylic acids is 1. The quantitative estimate of drug-likeness (QED) is 0.205. The lowest BCUT2D eigenvalue weighted by molar-refractivity contribution is 0.00513. The summed E-state index contributed by atoms with van der Waals surface area (Å²) in [7, 11) is 0. The molecule has 1 rings (SSSR count). The van der Waals surface area contributed by atoms with Gasteiger partial charge in [0.1, 0.15) is 0 Å². The molecule has 0 fully saturated rings. The molecule has 0 saturated heterocycles. The molecule has 0 spiro atoms. The predicted octanol–water partition coefficient (Wildman–Crippen LogP) is 5.42. The van der Waals surface area contributed by atoms with Gasteiger partial charge in [0.2, 0.25) is 5.78 Å². The van der Waals surface area contributed by atoms with Gasteiger partial charge in [-0.05, 0) is 12.8 Å². The number of halogens is 3. The summed E-state index contributed by atoms with van der Waals surface area (Å²) in [6.45, 7) is 0.236. The molecule has 0 radical (unpaired) electrons. The van der Waals surface area contributed by atoms with E-state index >= 15 is 0 Å². The van der Waals surface area contributed by atoms with Gasteiger partial charge >= 0.3 is 5.92 Å². The van der Waals surface area contributed by atoms with E-state index in [0.717, 1.165) is 38.5 Å². The number of carbonyl (C=O) groups is 1. The molecule has 0 saturated carbocycles. The SMILES string of the molecule is O=C(c1ccccc1)C(F)(F)CC(I)CCCCCCCCO. The molecular weight excluding hydrogens is 413 g/mol. The Morgan fingerprint density at radius 3 is 2.22 bits per heavy atom. The zero-order valence-corrected chi connectivity index (χ0v) is 15.5. The second kappa shape index (κ2) is 11.1. The lowest BCUT2D eigenvalue weighted by Gasteiger charge is -2.18. The molecule has 0 aliphatic carbocycles. The van der Waals surface area contributed by atoms with Crippen LogP contribution in [0, 0.1) is 0 Å². The molecule has 0 aromatic heterocycles. The minimum absolute atomic E-state index is 0.0741. The number of alkyl halides is 3. The van der Waals surface area contributed by atoms with Gasteiger partial charge in [-0.1, -0.05) is 85.0 Å².